The van der Waals surface area contributed by atoms with Gasteiger partial charge in [-0.2, -0.15) is 0 Å². The Morgan fingerprint density at radius 3 is 0.913 bits per heavy atom. The highest BCUT2D eigenvalue weighted by Gasteiger charge is 2.28. The van der Waals surface area contributed by atoms with E-state index in [9.17, 15) is 25.2 Å². The Morgan fingerprint density at radius 2 is 0.609 bits per heavy atom. The summed E-state index contributed by atoms with van der Waals surface area (Å²) in [5, 5.41) is 44.0. The highest BCUT2D eigenvalue weighted by atomic mass is 16.3. The molecule has 1 amide bonds. The quantitative estimate of drug-likeness (QED) is 0.0308. The Labute approximate surface area is 430 Å². The Hall–Kier alpha value is -1.47. The molecule has 0 saturated heterocycles. The first-order valence-corrected chi connectivity index (χ1v) is 30.9. The van der Waals surface area contributed by atoms with E-state index in [0.717, 1.165) is 38.5 Å². The molecule has 0 bridgehead atoms. The fraction of sp³-hybridized carbons (Fsp3) is 0.889. The van der Waals surface area contributed by atoms with Crippen molar-refractivity contribution in [3.05, 3.63) is 36.5 Å². The molecule has 408 valence electrons. The van der Waals surface area contributed by atoms with Gasteiger partial charge in [0.15, 0.2) is 0 Å². The van der Waals surface area contributed by atoms with Crippen molar-refractivity contribution < 1.29 is 25.2 Å². The molecule has 69 heavy (non-hydrogen) atoms. The van der Waals surface area contributed by atoms with Crippen LogP contribution in [-0.4, -0.2) is 57.3 Å². The SMILES string of the molecule is CCCCCCCCCCCCCC/C=C\CCCCCCCCCCCCCCCCCCC(O)C(=O)NC(CO)C(O)C(O)CCC/C=C/CC/C=C/CCCCCCCCCCCCCC. The van der Waals surface area contributed by atoms with Crippen LogP contribution in [0, 0.1) is 0 Å². The lowest BCUT2D eigenvalue weighted by Gasteiger charge is -2.27. The van der Waals surface area contributed by atoms with E-state index in [2.05, 4.69) is 55.6 Å². The predicted molar refractivity (Wildman–Crippen MR) is 302 cm³/mol. The van der Waals surface area contributed by atoms with Gasteiger partial charge in [-0.05, 0) is 77.0 Å². The fourth-order valence-electron chi connectivity index (χ4n) is 9.71. The molecular formula is C63H121NO5. The molecule has 5 N–H and O–H groups in total. The van der Waals surface area contributed by atoms with E-state index in [1.165, 1.54) is 257 Å². The van der Waals surface area contributed by atoms with Crippen molar-refractivity contribution in [3.63, 3.8) is 0 Å². The second kappa shape index (κ2) is 57.4. The van der Waals surface area contributed by atoms with E-state index in [1.807, 2.05) is 0 Å². The zero-order valence-electron chi connectivity index (χ0n) is 46.3. The maximum atomic E-state index is 12.6. The average Bonchev–Trinajstić information content (AvgIpc) is 3.35. The zero-order valence-corrected chi connectivity index (χ0v) is 46.3. The molecule has 6 nitrogen and oxygen atoms in total. The molecule has 0 aliphatic carbocycles. The second-order valence-electron chi connectivity index (χ2n) is 21.4. The third kappa shape index (κ3) is 51.2. The number of hydrogen-bond donors (Lipinski definition) is 5. The van der Waals surface area contributed by atoms with Gasteiger partial charge in [0.05, 0.1) is 18.8 Å². The van der Waals surface area contributed by atoms with E-state index in [4.69, 9.17) is 0 Å². The minimum Gasteiger partial charge on any atom is -0.394 e. The topological polar surface area (TPSA) is 110 Å². The lowest BCUT2D eigenvalue weighted by atomic mass is 10.00. The maximum absolute atomic E-state index is 12.6. The molecule has 0 aromatic rings. The monoisotopic (exact) mass is 972 g/mol. The number of hydrogen-bond acceptors (Lipinski definition) is 5. The number of amides is 1. The number of unbranched alkanes of at least 4 members (excludes halogenated alkanes) is 42. The molecule has 4 unspecified atom stereocenters. The molecule has 0 spiro atoms. The van der Waals surface area contributed by atoms with Crippen LogP contribution >= 0.6 is 0 Å². The third-order valence-electron chi connectivity index (χ3n) is 14.6. The summed E-state index contributed by atoms with van der Waals surface area (Å²) in [7, 11) is 0. The molecule has 0 radical (unpaired) electrons. The standard InChI is InChI=1S/C63H121NO5/c1-3-5-7-9-11-13-15-17-19-21-23-25-26-27-28-29-30-31-32-33-34-35-37-39-41-43-45-47-49-51-53-55-57-61(67)63(69)64-59(58-65)62(68)60(66)56-54-52-50-48-46-44-42-40-38-36-24-22-20-18-16-14-12-10-8-6-4-2/h27-28,40,42,48,50,59-62,65-68H,3-26,29-39,41,43-47,49,51-58H2,1-2H3,(H,64,69)/b28-27-,42-40+,50-48+. The molecule has 0 aliphatic rings. The van der Waals surface area contributed by atoms with Gasteiger partial charge in [0.1, 0.15) is 12.2 Å². The second-order valence-corrected chi connectivity index (χ2v) is 21.4. The van der Waals surface area contributed by atoms with E-state index in [-0.39, 0.29) is 0 Å². The highest BCUT2D eigenvalue weighted by Crippen LogP contribution is 2.18. The van der Waals surface area contributed by atoms with Crippen LogP contribution < -0.4 is 5.32 Å². The summed E-state index contributed by atoms with van der Waals surface area (Å²) in [6, 6.07) is -1.01. The molecular weight excluding hydrogens is 851 g/mol. The van der Waals surface area contributed by atoms with Crippen LogP contribution in [0.5, 0.6) is 0 Å². The van der Waals surface area contributed by atoms with Gasteiger partial charge in [0.2, 0.25) is 5.91 Å². The van der Waals surface area contributed by atoms with Gasteiger partial charge in [0, 0.05) is 0 Å². The first-order valence-electron chi connectivity index (χ1n) is 30.9. The average molecular weight is 973 g/mol. The first kappa shape index (κ1) is 67.5. The Morgan fingerprint density at radius 1 is 0.348 bits per heavy atom. The minimum atomic E-state index is -1.29. The smallest absolute Gasteiger partial charge is 0.249 e. The molecule has 6 heteroatoms. The molecule has 0 aromatic heterocycles. The molecule has 0 rings (SSSR count). The lowest BCUT2D eigenvalue weighted by Crippen LogP contribution is -2.53. The Bertz CT molecular complexity index is 1090. The predicted octanol–water partition coefficient (Wildman–Crippen LogP) is 18.4. The lowest BCUT2D eigenvalue weighted by molar-refractivity contribution is -0.132. The third-order valence-corrected chi connectivity index (χ3v) is 14.6. The van der Waals surface area contributed by atoms with Crippen molar-refractivity contribution in [2.75, 3.05) is 6.61 Å². The number of carbonyl (C=O) groups excluding carboxylic acids is 1. The van der Waals surface area contributed by atoms with Crippen LogP contribution in [0.25, 0.3) is 0 Å². The van der Waals surface area contributed by atoms with Gasteiger partial charge in [-0.15, -0.1) is 0 Å². The van der Waals surface area contributed by atoms with Crippen LogP contribution in [0.3, 0.4) is 0 Å². The van der Waals surface area contributed by atoms with Crippen molar-refractivity contribution in [1.82, 2.24) is 5.32 Å². The normalized spacial score (nSPS) is 13.9. The molecule has 0 heterocycles. The van der Waals surface area contributed by atoms with Crippen molar-refractivity contribution >= 4 is 5.91 Å². The van der Waals surface area contributed by atoms with Gasteiger partial charge in [0.25, 0.3) is 0 Å². The Balaban J connectivity index is 3.61. The number of carbonyl (C=O) groups is 1. The van der Waals surface area contributed by atoms with Gasteiger partial charge in [-0.25, -0.2) is 0 Å². The fourth-order valence-corrected chi connectivity index (χ4v) is 9.71. The zero-order chi connectivity index (χ0) is 50.2. The largest absolute Gasteiger partial charge is 0.394 e. The minimum absolute atomic E-state index is 0.362. The van der Waals surface area contributed by atoms with Gasteiger partial charge in [-0.1, -0.05) is 288 Å². The van der Waals surface area contributed by atoms with Gasteiger partial charge in [-0.3, -0.25) is 4.79 Å². The molecule has 4 atom stereocenters. The molecule has 0 saturated carbocycles. The molecule has 0 fully saturated rings. The van der Waals surface area contributed by atoms with Crippen molar-refractivity contribution in [3.8, 4) is 0 Å². The number of aliphatic hydroxyl groups excluding tert-OH is 4. The first-order chi connectivity index (χ1) is 34.0. The van der Waals surface area contributed by atoms with Crippen LogP contribution in [0.4, 0.5) is 0 Å². The van der Waals surface area contributed by atoms with Gasteiger partial charge >= 0.3 is 0 Å². The van der Waals surface area contributed by atoms with Crippen molar-refractivity contribution in [2.24, 2.45) is 0 Å². The summed E-state index contributed by atoms with van der Waals surface area (Å²) in [6.45, 7) is 4.08. The summed E-state index contributed by atoms with van der Waals surface area (Å²) in [5.74, 6) is -0.593. The maximum Gasteiger partial charge on any atom is 0.249 e. The van der Waals surface area contributed by atoms with E-state index in [0.29, 0.717) is 19.3 Å². The summed E-state index contributed by atoms with van der Waals surface area (Å²) in [4.78, 5) is 12.6. The number of rotatable bonds is 57. The number of nitrogens with one attached hydrogen (secondary N) is 1. The number of allylic oxidation sites excluding steroid dienone is 6. The van der Waals surface area contributed by atoms with E-state index in [1.54, 1.807) is 0 Å². The van der Waals surface area contributed by atoms with E-state index >= 15 is 0 Å². The summed E-state index contributed by atoms with van der Waals surface area (Å²) in [6.07, 6.45) is 72.4. The molecule has 0 aliphatic heterocycles. The summed E-state index contributed by atoms with van der Waals surface area (Å²) < 4.78 is 0. The summed E-state index contributed by atoms with van der Waals surface area (Å²) in [5.41, 5.74) is 0. The van der Waals surface area contributed by atoms with Crippen LogP contribution in [-0.2, 0) is 4.79 Å². The molecule has 0 aromatic carbocycles. The number of aliphatic hydroxyl groups is 4. The highest BCUT2D eigenvalue weighted by molar-refractivity contribution is 5.80. The Kier molecular flexibility index (Phi) is 56.2. The van der Waals surface area contributed by atoms with Crippen LogP contribution in [0.15, 0.2) is 36.5 Å². The van der Waals surface area contributed by atoms with Crippen LogP contribution in [0.1, 0.15) is 328 Å². The van der Waals surface area contributed by atoms with E-state index < -0.39 is 36.9 Å². The summed E-state index contributed by atoms with van der Waals surface area (Å²) >= 11 is 0. The van der Waals surface area contributed by atoms with Crippen molar-refractivity contribution in [1.29, 1.82) is 0 Å². The van der Waals surface area contributed by atoms with Gasteiger partial charge < -0.3 is 25.7 Å². The van der Waals surface area contributed by atoms with Crippen molar-refractivity contribution in [2.45, 2.75) is 353 Å². The van der Waals surface area contributed by atoms with Crippen LogP contribution in [0.2, 0.25) is 0 Å².